The van der Waals surface area contributed by atoms with Gasteiger partial charge in [-0.25, -0.2) is 4.79 Å². The maximum absolute atomic E-state index is 10.9. The predicted octanol–water partition coefficient (Wildman–Crippen LogP) is 2.93. The number of rotatable bonds is 2. The Labute approximate surface area is 101 Å². The van der Waals surface area contributed by atoms with Crippen molar-refractivity contribution in [2.75, 3.05) is 0 Å². The lowest BCUT2D eigenvalue weighted by Gasteiger charge is -2.24. The number of hydrogen-bond acceptors (Lipinski definition) is 3. The van der Waals surface area contributed by atoms with Crippen LogP contribution < -0.4 is 0 Å². The zero-order valence-electron chi connectivity index (χ0n) is 10.3. The van der Waals surface area contributed by atoms with Gasteiger partial charge in [-0.2, -0.15) is 0 Å². The molecule has 0 saturated carbocycles. The van der Waals surface area contributed by atoms with Crippen LogP contribution in [0.1, 0.15) is 37.8 Å². The van der Waals surface area contributed by atoms with Crippen molar-refractivity contribution >= 4 is 11.7 Å². The van der Waals surface area contributed by atoms with Crippen molar-refractivity contribution in [2.24, 2.45) is 11.1 Å². The highest BCUT2D eigenvalue weighted by Gasteiger charge is 2.24. The smallest absolute Gasteiger partial charge is 0.318 e. The topological polar surface area (TPSA) is 38.7 Å². The lowest BCUT2D eigenvalue weighted by molar-refractivity contribution is -0.140. The molecule has 1 atom stereocenters. The number of benzene rings is 1. The molecule has 1 aromatic carbocycles. The van der Waals surface area contributed by atoms with E-state index >= 15 is 0 Å². The molecular formula is C14H17NO2. The van der Waals surface area contributed by atoms with Crippen LogP contribution in [0.5, 0.6) is 0 Å². The molecule has 2 rings (SSSR count). The van der Waals surface area contributed by atoms with E-state index in [-0.39, 0.29) is 5.97 Å². The van der Waals surface area contributed by atoms with Gasteiger partial charge < -0.3 is 4.84 Å². The zero-order chi connectivity index (χ0) is 12.3. The summed E-state index contributed by atoms with van der Waals surface area (Å²) in [6.07, 6.45) is 3.18. The van der Waals surface area contributed by atoms with Gasteiger partial charge in [-0.3, -0.25) is 0 Å². The van der Waals surface area contributed by atoms with E-state index in [1.807, 2.05) is 12.1 Å². The van der Waals surface area contributed by atoms with Crippen molar-refractivity contribution < 1.29 is 9.63 Å². The Bertz CT molecular complexity index is 451. The van der Waals surface area contributed by atoms with Gasteiger partial charge in [-0.1, -0.05) is 36.3 Å². The predicted molar refractivity (Wildman–Crippen MR) is 66.8 cm³/mol. The van der Waals surface area contributed by atoms with Crippen LogP contribution in [0.15, 0.2) is 29.4 Å². The second kappa shape index (κ2) is 5.13. The Morgan fingerprint density at radius 3 is 2.94 bits per heavy atom. The number of oxime groups is 1. The molecule has 1 unspecified atom stereocenters. The van der Waals surface area contributed by atoms with Crippen LogP contribution in [-0.4, -0.2) is 11.7 Å². The molecule has 0 aliphatic heterocycles. The normalized spacial score (nSPS) is 21.1. The number of fused-ring (bicyclic) bond motifs is 1. The van der Waals surface area contributed by atoms with Crippen molar-refractivity contribution in [1.29, 1.82) is 0 Å². The first kappa shape index (κ1) is 11.8. The van der Waals surface area contributed by atoms with E-state index in [9.17, 15) is 4.79 Å². The maximum atomic E-state index is 10.9. The van der Waals surface area contributed by atoms with Gasteiger partial charge >= 0.3 is 5.97 Å². The summed E-state index contributed by atoms with van der Waals surface area (Å²) in [5, 5.41) is 4.04. The highest BCUT2D eigenvalue weighted by Crippen LogP contribution is 2.28. The van der Waals surface area contributed by atoms with Crippen molar-refractivity contribution in [3.63, 3.8) is 0 Å². The molecule has 3 heteroatoms. The average Bonchev–Trinajstić information content (AvgIpc) is 2.35. The van der Waals surface area contributed by atoms with Crippen molar-refractivity contribution in [2.45, 2.75) is 33.1 Å². The standard InChI is InChI=1S/C14H17NO2/c1-3-11-8-9-12-6-4-5-7-13(12)14(11)15-17-10(2)16/h4-7,11H,3,8-9H2,1-2H3/b15-14+. The number of nitrogens with zero attached hydrogens (tertiary/aromatic N) is 1. The Morgan fingerprint density at radius 1 is 1.47 bits per heavy atom. The van der Waals surface area contributed by atoms with E-state index in [1.165, 1.54) is 12.5 Å². The first-order valence-electron chi connectivity index (χ1n) is 6.06. The zero-order valence-corrected chi connectivity index (χ0v) is 10.3. The Hall–Kier alpha value is -1.64. The van der Waals surface area contributed by atoms with Gasteiger partial charge in [-0.15, -0.1) is 0 Å². The fourth-order valence-electron chi connectivity index (χ4n) is 2.31. The number of carbonyl (C=O) groups excluding carboxylic acids is 1. The summed E-state index contributed by atoms with van der Waals surface area (Å²) in [5.74, 6) is 0.0275. The van der Waals surface area contributed by atoms with Crippen molar-refractivity contribution in [3.8, 4) is 0 Å². The fraction of sp³-hybridized carbons (Fsp3) is 0.429. The van der Waals surface area contributed by atoms with Gasteiger partial charge in [-0.05, 0) is 24.8 Å². The third-order valence-electron chi connectivity index (χ3n) is 3.21. The summed E-state index contributed by atoms with van der Waals surface area (Å²) in [6, 6.07) is 8.21. The van der Waals surface area contributed by atoms with Gasteiger partial charge in [0.05, 0.1) is 5.71 Å². The van der Waals surface area contributed by atoms with Crippen LogP contribution in [0.4, 0.5) is 0 Å². The molecule has 90 valence electrons. The van der Waals surface area contributed by atoms with Gasteiger partial charge in [0.15, 0.2) is 0 Å². The maximum Gasteiger partial charge on any atom is 0.331 e. The van der Waals surface area contributed by atoms with Crippen molar-refractivity contribution in [1.82, 2.24) is 0 Å². The Kier molecular flexibility index (Phi) is 3.57. The molecule has 0 heterocycles. The second-order valence-electron chi connectivity index (χ2n) is 4.36. The van der Waals surface area contributed by atoms with Crippen LogP contribution in [0.3, 0.4) is 0 Å². The van der Waals surface area contributed by atoms with E-state index in [2.05, 4.69) is 24.2 Å². The molecule has 3 nitrogen and oxygen atoms in total. The minimum atomic E-state index is -0.365. The molecule has 0 aromatic heterocycles. The summed E-state index contributed by atoms with van der Waals surface area (Å²) < 4.78 is 0. The molecule has 0 amide bonds. The molecule has 1 aliphatic rings. The molecule has 0 N–H and O–H groups in total. The summed E-state index contributed by atoms with van der Waals surface area (Å²) in [4.78, 5) is 15.7. The SMILES string of the molecule is CCC1CCc2ccccc2/C1=N/OC(C)=O. The van der Waals surface area contributed by atoms with E-state index in [4.69, 9.17) is 4.84 Å². The lowest BCUT2D eigenvalue weighted by atomic mass is 9.81. The van der Waals surface area contributed by atoms with E-state index in [0.29, 0.717) is 5.92 Å². The number of aryl methyl sites for hydroxylation is 1. The van der Waals surface area contributed by atoms with Crippen LogP contribution in [0, 0.1) is 5.92 Å². The lowest BCUT2D eigenvalue weighted by Crippen LogP contribution is -2.23. The van der Waals surface area contributed by atoms with E-state index in [1.54, 1.807) is 0 Å². The molecule has 1 aromatic rings. The summed E-state index contributed by atoms with van der Waals surface area (Å²) in [6.45, 7) is 3.52. The largest absolute Gasteiger partial charge is 0.331 e. The van der Waals surface area contributed by atoms with Crippen LogP contribution in [0.25, 0.3) is 0 Å². The number of carbonyl (C=O) groups is 1. The molecule has 0 saturated heterocycles. The van der Waals surface area contributed by atoms with Crippen LogP contribution in [0.2, 0.25) is 0 Å². The Morgan fingerprint density at radius 2 is 2.24 bits per heavy atom. The van der Waals surface area contributed by atoms with Crippen molar-refractivity contribution in [3.05, 3.63) is 35.4 Å². The van der Waals surface area contributed by atoms with Gasteiger partial charge in [0.25, 0.3) is 0 Å². The van der Waals surface area contributed by atoms with Gasteiger partial charge in [0, 0.05) is 18.4 Å². The van der Waals surface area contributed by atoms with E-state index < -0.39 is 0 Å². The highest BCUT2D eigenvalue weighted by atomic mass is 16.7. The summed E-state index contributed by atoms with van der Waals surface area (Å²) in [7, 11) is 0. The molecule has 1 aliphatic carbocycles. The Balaban J connectivity index is 2.37. The van der Waals surface area contributed by atoms with Gasteiger partial charge in [0.2, 0.25) is 0 Å². The highest BCUT2D eigenvalue weighted by molar-refractivity contribution is 6.04. The first-order valence-corrected chi connectivity index (χ1v) is 6.06. The minimum Gasteiger partial charge on any atom is -0.318 e. The average molecular weight is 231 g/mol. The quantitative estimate of drug-likeness (QED) is 0.580. The fourth-order valence-corrected chi connectivity index (χ4v) is 2.31. The molecule has 0 bridgehead atoms. The third-order valence-corrected chi connectivity index (χ3v) is 3.21. The van der Waals surface area contributed by atoms with E-state index in [0.717, 1.165) is 30.5 Å². The molecule has 17 heavy (non-hydrogen) atoms. The molecule has 0 radical (unpaired) electrons. The molecular weight excluding hydrogens is 214 g/mol. The minimum absolute atomic E-state index is 0.365. The first-order chi connectivity index (χ1) is 8.22. The summed E-state index contributed by atoms with van der Waals surface area (Å²) in [5.41, 5.74) is 3.35. The van der Waals surface area contributed by atoms with Gasteiger partial charge in [0.1, 0.15) is 0 Å². The number of hydrogen-bond donors (Lipinski definition) is 0. The third kappa shape index (κ3) is 2.54. The van der Waals surface area contributed by atoms with Crippen LogP contribution in [-0.2, 0) is 16.1 Å². The monoisotopic (exact) mass is 231 g/mol. The summed E-state index contributed by atoms with van der Waals surface area (Å²) >= 11 is 0. The second-order valence-corrected chi connectivity index (χ2v) is 4.36. The molecule has 0 spiro atoms. The molecule has 0 fully saturated rings. The van der Waals surface area contributed by atoms with Crippen LogP contribution >= 0.6 is 0 Å².